The SMILES string of the molecule is C=CC1CC1(NC(=O)N1C[C@@H](Oc2cc(-c3ccccc3)nc3cc(OC)ccc23)C[C@H]1C(=O)NC(C(=O)N[C@H](C(=O)NC)C1CCCCC1)C(C)(C)C)C(=O)O. The lowest BCUT2D eigenvalue weighted by Crippen LogP contribution is -2.61. The largest absolute Gasteiger partial charge is 0.497 e. The van der Waals surface area contributed by atoms with Crippen molar-refractivity contribution in [2.45, 2.75) is 95.5 Å². The van der Waals surface area contributed by atoms with E-state index in [1.165, 1.54) is 18.0 Å². The number of pyridine rings is 1. The lowest BCUT2D eigenvalue weighted by molar-refractivity contribution is -0.140. The Bertz CT molecular complexity index is 2010. The molecule has 304 valence electrons. The van der Waals surface area contributed by atoms with Gasteiger partial charge < -0.3 is 40.7 Å². The molecule has 6 atom stereocenters. The highest BCUT2D eigenvalue weighted by atomic mass is 16.5. The summed E-state index contributed by atoms with van der Waals surface area (Å²) in [6.45, 7) is 9.09. The lowest BCUT2D eigenvalue weighted by atomic mass is 9.82. The van der Waals surface area contributed by atoms with Gasteiger partial charge in [0.2, 0.25) is 17.7 Å². The summed E-state index contributed by atoms with van der Waals surface area (Å²) in [5.41, 5.74) is -0.243. The van der Waals surface area contributed by atoms with E-state index >= 15 is 0 Å². The summed E-state index contributed by atoms with van der Waals surface area (Å²) in [7, 11) is 3.11. The van der Waals surface area contributed by atoms with Gasteiger partial charge in [0.05, 0.1) is 24.9 Å². The van der Waals surface area contributed by atoms with Crippen LogP contribution in [-0.4, -0.2) is 95.2 Å². The van der Waals surface area contributed by atoms with Crippen molar-refractivity contribution in [3.8, 4) is 22.8 Å². The molecule has 14 nitrogen and oxygen atoms in total. The number of hydrogen-bond donors (Lipinski definition) is 5. The molecule has 0 radical (unpaired) electrons. The molecule has 5 N–H and O–H groups in total. The molecule has 57 heavy (non-hydrogen) atoms. The predicted octanol–water partition coefficient (Wildman–Crippen LogP) is 4.81. The van der Waals surface area contributed by atoms with Crippen molar-refractivity contribution in [2.75, 3.05) is 20.7 Å². The van der Waals surface area contributed by atoms with E-state index in [-0.39, 0.29) is 31.2 Å². The molecule has 2 saturated carbocycles. The van der Waals surface area contributed by atoms with Crippen LogP contribution in [0.5, 0.6) is 11.5 Å². The number of aromatic nitrogens is 1. The summed E-state index contributed by atoms with van der Waals surface area (Å²) in [4.78, 5) is 74.2. The van der Waals surface area contributed by atoms with E-state index in [2.05, 4.69) is 27.8 Å². The standard InChI is InChI=1S/C43H54N6O8/c1-7-27-23-43(27,40(53)54)48-41(55)49-24-29(57-34-22-31(25-14-10-8-11-15-25)45-32-20-28(56-6)18-19-30(32)34)21-33(49)37(50)47-36(42(2,3)4)39(52)46-35(38(51)44-5)26-16-12-9-13-17-26/h7-8,10-11,14-15,18-20,22,26-27,29,33,35-36H,1,9,12-13,16-17,21,23-24H2,2-6H3,(H,44,51)(H,46,52)(H,47,50)(H,48,55)(H,53,54)/t27?,29-,33-,35-,36?,43?/m0/s1. The molecule has 5 amide bonds. The van der Waals surface area contributed by atoms with Gasteiger partial charge in [-0.1, -0.05) is 76.4 Å². The number of carboxylic acid groups (broad SMARTS) is 1. The molecule has 2 aliphatic carbocycles. The first-order valence-electron chi connectivity index (χ1n) is 19.7. The van der Waals surface area contributed by atoms with Crippen LogP contribution < -0.4 is 30.7 Å². The molecule has 0 spiro atoms. The number of likely N-dealkylation sites (N-methyl/N-ethyl adjacent to an activating group) is 1. The van der Waals surface area contributed by atoms with Crippen LogP contribution in [0.2, 0.25) is 0 Å². The minimum absolute atomic E-state index is 0.0340. The first-order chi connectivity index (χ1) is 27.2. The van der Waals surface area contributed by atoms with Crippen LogP contribution in [0.3, 0.4) is 0 Å². The summed E-state index contributed by atoms with van der Waals surface area (Å²) >= 11 is 0. The number of methoxy groups -OCH3 is 1. The average Bonchev–Trinajstić information content (AvgIpc) is 3.77. The molecule has 3 aliphatic rings. The summed E-state index contributed by atoms with van der Waals surface area (Å²) in [6, 6.07) is 13.1. The van der Waals surface area contributed by atoms with Crippen molar-refractivity contribution in [1.82, 2.24) is 31.2 Å². The maximum Gasteiger partial charge on any atom is 0.330 e. The second kappa shape index (κ2) is 16.8. The molecule has 1 aromatic heterocycles. The molecule has 2 aromatic carbocycles. The second-order valence-corrected chi connectivity index (χ2v) is 16.5. The molecular formula is C43H54N6O8. The number of hydrogen-bond acceptors (Lipinski definition) is 8. The first-order valence-corrected chi connectivity index (χ1v) is 19.7. The smallest absolute Gasteiger partial charge is 0.330 e. The average molecular weight is 783 g/mol. The van der Waals surface area contributed by atoms with Gasteiger partial charge in [0.25, 0.3) is 0 Å². The molecule has 0 bridgehead atoms. The third-order valence-electron chi connectivity index (χ3n) is 11.5. The number of benzene rings is 2. The first kappa shape index (κ1) is 41.0. The van der Waals surface area contributed by atoms with Crippen molar-refractivity contribution in [3.63, 3.8) is 0 Å². The van der Waals surface area contributed by atoms with E-state index in [1.54, 1.807) is 19.2 Å². The lowest BCUT2D eigenvalue weighted by Gasteiger charge is -2.35. The summed E-state index contributed by atoms with van der Waals surface area (Å²) in [6.07, 6.45) is 5.57. The summed E-state index contributed by atoms with van der Waals surface area (Å²) in [5.74, 6) is -2.07. The van der Waals surface area contributed by atoms with Crippen molar-refractivity contribution in [2.24, 2.45) is 17.3 Å². The van der Waals surface area contributed by atoms with Gasteiger partial charge in [-0.15, -0.1) is 6.58 Å². The Morgan fingerprint density at radius 2 is 1.72 bits per heavy atom. The number of urea groups is 1. The molecule has 14 heteroatoms. The van der Waals surface area contributed by atoms with E-state index < -0.39 is 64.9 Å². The van der Waals surface area contributed by atoms with Crippen molar-refractivity contribution < 1.29 is 38.6 Å². The number of carboxylic acids is 1. The molecule has 3 fully saturated rings. The van der Waals surface area contributed by atoms with Crippen LogP contribution in [-0.2, 0) is 19.2 Å². The molecule has 1 aliphatic heterocycles. The van der Waals surface area contributed by atoms with Gasteiger partial charge in [-0.3, -0.25) is 14.4 Å². The number of amides is 5. The van der Waals surface area contributed by atoms with E-state index in [0.717, 1.165) is 37.7 Å². The number of rotatable bonds is 13. The number of fused-ring (bicyclic) bond motifs is 1. The summed E-state index contributed by atoms with van der Waals surface area (Å²) < 4.78 is 12.1. The minimum atomic E-state index is -1.55. The fourth-order valence-corrected chi connectivity index (χ4v) is 8.14. The van der Waals surface area contributed by atoms with Gasteiger partial charge in [0, 0.05) is 42.5 Å². The van der Waals surface area contributed by atoms with Gasteiger partial charge in [0.15, 0.2) is 0 Å². The Labute approximate surface area is 333 Å². The van der Waals surface area contributed by atoms with Crippen molar-refractivity contribution in [1.29, 1.82) is 0 Å². The number of nitrogens with one attached hydrogen (secondary N) is 4. The fourth-order valence-electron chi connectivity index (χ4n) is 8.14. The zero-order chi connectivity index (χ0) is 41.1. The normalized spacial score (nSPS) is 23.1. The van der Waals surface area contributed by atoms with Gasteiger partial charge >= 0.3 is 12.0 Å². The van der Waals surface area contributed by atoms with Crippen LogP contribution >= 0.6 is 0 Å². The highest BCUT2D eigenvalue weighted by Gasteiger charge is 2.61. The maximum absolute atomic E-state index is 14.5. The van der Waals surface area contributed by atoms with Crippen LogP contribution in [0.1, 0.15) is 65.7 Å². The molecular weight excluding hydrogens is 729 g/mol. The van der Waals surface area contributed by atoms with E-state index in [4.69, 9.17) is 14.5 Å². The quantitative estimate of drug-likeness (QED) is 0.152. The number of ether oxygens (including phenoxy) is 2. The Balaban J connectivity index is 1.30. The van der Waals surface area contributed by atoms with E-state index in [1.807, 2.05) is 63.2 Å². The van der Waals surface area contributed by atoms with Crippen LogP contribution in [0.4, 0.5) is 4.79 Å². The Hall–Kier alpha value is -5.66. The Morgan fingerprint density at radius 3 is 2.33 bits per heavy atom. The van der Waals surface area contributed by atoms with Crippen LogP contribution in [0.15, 0.2) is 67.3 Å². The van der Waals surface area contributed by atoms with Crippen LogP contribution in [0, 0.1) is 17.3 Å². The third-order valence-corrected chi connectivity index (χ3v) is 11.5. The molecule has 6 rings (SSSR count). The minimum Gasteiger partial charge on any atom is -0.497 e. The van der Waals surface area contributed by atoms with E-state index in [9.17, 15) is 29.1 Å². The second-order valence-electron chi connectivity index (χ2n) is 16.5. The van der Waals surface area contributed by atoms with Gasteiger partial charge in [-0.2, -0.15) is 0 Å². The van der Waals surface area contributed by atoms with Gasteiger partial charge in [-0.05, 0) is 42.7 Å². The molecule has 1 saturated heterocycles. The number of nitrogens with zero attached hydrogens (tertiary/aromatic N) is 2. The summed E-state index contributed by atoms with van der Waals surface area (Å²) in [5, 5.41) is 22.0. The highest BCUT2D eigenvalue weighted by Crippen LogP contribution is 2.45. The molecule has 3 unspecified atom stereocenters. The zero-order valence-corrected chi connectivity index (χ0v) is 33.3. The monoisotopic (exact) mass is 782 g/mol. The zero-order valence-electron chi connectivity index (χ0n) is 33.3. The number of carbonyl (C=O) groups excluding carboxylic acids is 4. The van der Waals surface area contributed by atoms with E-state index in [0.29, 0.717) is 28.1 Å². The Morgan fingerprint density at radius 1 is 1.00 bits per heavy atom. The number of aliphatic carboxylic acids is 1. The molecule has 3 aromatic rings. The van der Waals surface area contributed by atoms with Gasteiger partial charge in [0.1, 0.15) is 41.3 Å². The topological polar surface area (TPSA) is 188 Å². The number of carbonyl (C=O) groups is 5. The maximum atomic E-state index is 14.5. The third kappa shape index (κ3) is 8.84. The highest BCUT2D eigenvalue weighted by molar-refractivity contribution is 5.96. The molecule has 2 heterocycles. The van der Waals surface area contributed by atoms with Crippen LogP contribution in [0.25, 0.3) is 22.2 Å². The van der Waals surface area contributed by atoms with Crippen molar-refractivity contribution >= 4 is 40.6 Å². The van der Waals surface area contributed by atoms with Crippen molar-refractivity contribution in [3.05, 3.63) is 67.3 Å². The number of likely N-dealkylation sites (tertiary alicyclic amines) is 1. The Kier molecular flexibility index (Phi) is 12.1. The predicted molar refractivity (Wildman–Crippen MR) is 214 cm³/mol. The fraction of sp³-hybridized carbons (Fsp3) is 0.488. The van der Waals surface area contributed by atoms with Gasteiger partial charge in [-0.25, -0.2) is 14.6 Å².